The predicted octanol–water partition coefficient (Wildman–Crippen LogP) is 3.05. The van der Waals surface area contributed by atoms with Gasteiger partial charge >= 0.3 is 11.9 Å². The minimum Gasteiger partial charge on any atom is -0.480 e. The Labute approximate surface area is 123 Å². The predicted molar refractivity (Wildman–Crippen MR) is 79.5 cm³/mol. The number of allylic oxidation sites excluding steroid dienone is 3. The van der Waals surface area contributed by atoms with E-state index in [1.807, 2.05) is 42.5 Å². The van der Waals surface area contributed by atoms with Crippen LogP contribution in [0.25, 0.3) is 6.08 Å². The molecule has 21 heavy (non-hydrogen) atoms. The van der Waals surface area contributed by atoms with Gasteiger partial charge in [0.05, 0.1) is 6.61 Å². The van der Waals surface area contributed by atoms with E-state index >= 15 is 0 Å². The van der Waals surface area contributed by atoms with Crippen molar-refractivity contribution in [1.29, 1.82) is 0 Å². The van der Waals surface area contributed by atoms with Crippen LogP contribution in [-0.2, 0) is 14.3 Å². The quantitative estimate of drug-likeness (QED) is 0.513. The molecule has 0 amide bonds. The van der Waals surface area contributed by atoms with Crippen LogP contribution in [0.2, 0.25) is 0 Å². The number of esters is 1. The molecular weight excluding hydrogens is 268 g/mol. The van der Waals surface area contributed by atoms with E-state index in [0.29, 0.717) is 19.4 Å². The van der Waals surface area contributed by atoms with Gasteiger partial charge in [0.1, 0.15) is 0 Å². The van der Waals surface area contributed by atoms with Crippen LogP contribution >= 0.6 is 0 Å². The van der Waals surface area contributed by atoms with Crippen molar-refractivity contribution >= 4 is 18.0 Å². The molecule has 1 aliphatic rings. The zero-order valence-electron chi connectivity index (χ0n) is 11.7. The second-order valence-corrected chi connectivity index (χ2v) is 5.03. The first-order valence-corrected chi connectivity index (χ1v) is 6.94. The number of cyclic esters (lactones) is 1. The summed E-state index contributed by atoms with van der Waals surface area (Å²) in [5.41, 5.74) is -0.359. The number of benzene rings is 1. The molecule has 0 bridgehead atoms. The van der Waals surface area contributed by atoms with Gasteiger partial charge in [-0.1, -0.05) is 54.6 Å². The standard InChI is InChI=1S/C17H18O4/c18-15(19)17(12-7-13-21-16(17)20)11-6-2-5-10-14-8-3-1-4-9-14/h1-6,8-10H,7,11-13H2,(H,18,19)/b6-2+,10-5+/t17-/m0/s1. The van der Waals surface area contributed by atoms with Gasteiger partial charge < -0.3 is 9.84 Å². The molecule has 0 aromatic heterocycles. The lowest BCUT2D eigenvalue weighted by Gasteiger charge is -2.29. The van der Waals surface area contributed by atoms with Crippen LogP contribution in [0.1, 0.15) is 24.8 Å². The SMILES string of the molecule is O=C(O)[C@]1(C/C=C/C=C/c2ccccc2)CCCOC1=O. The maximum atomic E-state index is 11.8. The van der Waals surface area contributed by atoms with E-state index in [0.717, 1.165) is 5.56 Å². The van der Waals surface area contributed by atoms with E-state index in [1.165, 1.54) is 0 Å². The molecule has 0 spiro atoms. The number of ether oxygens (including phenoxy) is 1. The monoisotopic (exact) mass is 286 g/mol. The van der Waals surface area contributed by atoms with Crippen molar-refractivity contribution in [1.82, 2.24) is 0 Å². The first kappa shape index (κ1) is 15.0. The molecule has 4 heteroatoms. The minimum atomic E-state index is -1.42. The normalized spacial score (nSPS) is 22.6. The smallest absolute Gasteiger partial charge is 0.323 e. The largest absolute Gasteiger partial charge is 0.480 e. The van der Waals surface area contributed by atoms with Crippen molar-refractivity contribution in [3.63, 3.8) is 0 Å². The maximum absolute atomic E-state index is 11.8. The van der Waals surface area contributed by atoms with Gasteiger partial charge in [0.15, 0.2) is 5.41 Å². The van der Waals surface area contributed by atoms with E-state index in [-0.39, 0.29) is 6.42 Å². The molecule has 1 aromatic carbocycles. The zero-order valence-corrected chi connectivity index (χ0v) is 11.7. The van der Waals surface area contributed by atoms with Crippen molar-refractivity contribution < 1.29 is 19.4 Å². The molecule has 1 heterocycles. The molecule has 0 unspecified atom stereocenters. The molecule has 1 atom stereocenters. The summed E-state index contributed by atoms with van der Waals surface area (Å²) in [4.78, 5) is 23.2. The number of hydrogen-bond donors (Lipinski definition) is 1. The van der Waals surface area contributed by atoms with E-state index in [4.69, 9.17) is 4.74 Å². The van der Waals surface area contributed by atoms with Gasteiger partial charge in [0.25, 0.3) is 0 Å². The molecule has 1 aliphatic heterocycles. The summed E-state index contributed by atoms with van der Waals surface area (Å²) in [7, 11) is 0. The number of hydrogen-bond acceptors (Lipinski definition) is 3. The lowest BCUT2D eigenvalue weighted by molar-refractivity contribution is -0.174. The highest BCUT2D eigenvalue weighted by Gasteiger charge is 2.48. The summed E-state index contributed by atoms with van der Waals surface area (Å²) >= 11 is 0. The van der Waals surface area contributed by atoms with Crippen molar-refractivity contribution in [2.24, 2.45) is 5.41 Å². The van der Waals surface area contributed by atoms with Crippen LogP contribution in [0.5, 0.6) is 0 Å². The van der Waals surface area contributed by atoms with Crippen LogP contribution in [0.4, 0.5) is 0 Å². The number of carbonyl (C=O) groups excluding carboxylic acids is 1. The summed E-state index contributed by atoms with van der Waals surface area (Å²) in [6.45, 7) is 0.311. The Balaban J connectivity index is 1.99. The maximum Gasteiger partial charge on any atom is 0.323 e. The van der Waals surface area contributed by atoms with E-state index < -0.39 is 17.4 Å². The summed E-state index contributed by atoms with van der Waals surface area (Å²) in [5, 5.41) is 9.34. The van der Waals surface area contributed by atoms with Crippen LogP contribution in [-0.4, -0.2) is 23.7 Å². The van der Waals surface area contributed by atoms with Gasteiger partial charge in [-0.25, -0.2) is 0 Å². The average molecular weight is 286 g/mol. The Hall–Kier alpha value is -2.36. The van der Waals surface area contributed by atoms with Gasteiger partial charge in [-0.15, -0.1) is 0 Å². The van der Waals surface area contributed by atoms with Crippen molar-refractivity contribution in [3.8, 4) is 0 Å². The fraction of sp³-hybridized carbons (Fsp3) is 0.294. The molecule has 0 aliphatic carbocycles. The molecule has 1 aromatic rings. The summed E-state index contributed by atoms with van der Waals surface area (Å²) < 4.78 is 4.91. The first-order valence-electron chi connectivity index (χ1n) is 6.94. The molecule has 2 rings (SSSR count). The van der Waals surface area contributed by atoms with Crippen molar-refractivity contribution in [3.05, 3.63) is 54.1 Å². The lowest BCUT2D eigenvalue weighted by Crippen LogP contribution is -2.43. The van der Waals surface area contributed by atoms with Crippen molar-refractivity contribution in [2.45, 2.75) is 19.3 Å². The van der Waals surface area contributed by atoms with Gasteiger partial charge in [-0.3, -0.25) is 9.59 Å². The Morgan fingerprint density at radius 2 is 2.05 bits per heavy atom. The molecule has 1 saturated heterocycles. The Morgan fingerprint density at radius 1 is 1.29 bits per heavy atom. The van der Waals surface area contributed by atoms with Gasteiger partial charge in [-0.2, -0.15) is 0 Å². The molecule has 1 N–H and O–H groups in total. The fourth-order valence-corrected chi connectivity index (χ4v) is 2.32. The van der Waals surface area contributed by atoms with E-state index in [9.17, 15) is 14.7 Å². The molecule has 0 radical (unpaired) electrons. The van der Waals surface area contributed by atoms with Crippen LogP contribution in [0.3, 0.4) is 0 Å². The molecule has 4 nitrogen and oxygen atoms in total. The highest BCUT2D eigenvalue weighted by molar-refractivity contribution is 5.99. The summed E-state index contributed by atoms with van der Waals surface area (Å²) in [5.74, 6) is -1.73. The first-order chi connectivity index (χ1) is 10.1. The highest BCUT2D eigenvalue weighted by atomic mass is 16.5. The number of carboxylic acid groups (broad SMARTS) is 1. The Bertz CT molecular complexity index is 559. The third-order valence-electron chi connectivity index (χ3n) is 3.58. The van der Waals surface area contributed by atoms with E-state index in [1.54, 1.807) is 12.2 Å². The topological polar surface area (TPSA) is 63.6 Å². The number of carboxylic acids is 1. The van der Waals surface area contributed by atoms with Crippen LogP contribution in [0.15, 0.2) is 48.6 Å². The van der Waals surface area contributed by atoms with E-state index in [2.05, 4.69) is 0 Å². The number of rotatable bonds is 5. The van der Waals surface area contributed by atoms with Gasteiger partial charge in [-0.05, 0) is 24.8 Å². The molecule has 110 valence electrons. The third kappa shape index (κ3) is 3.60. The molecular formula is C17H18O4. The van der Waals surface area contributed by atoms with Crippen LogP contribution in [0, 0.1) is 5.41 Å². The van der Waals surface area contributed by atoms with Gasteiger partial charge in [0, 0.05) is 0 Å². The Kier molecular flexibility index (Phi) is 4.93. The van der Waals surface area contributed by atoms with Crippen molar-refractivity contribution in [2.75, 3.05) is 6.61 Å². The minimum absolute atomic E-state index is 0.153. The highest BCUT2D eigenvalue weighted by Crippen LogP contribution is 2.34. The summed E-state index contributed by atoms with van der Waals surface area (Å²) in [6, 6.07) is 9.78. The molecule has 1 fully saturated rings. The molecule has 0 saturated carbocycles. The second kappa shape index (κ2) is 6.88. The van der Waals surface area contributed by atoms with Gasteiger partial charge in [0.2, 0.25) is 0 Å². The second-order valence-electron chi connectivity index (χ2n) is 5.03. The fourth-order valence-electron chi connectivity index (χ4n) is 2.32. The summed E-state index contributed by atoms with van der Waals surface area (Å²) in [6.07, 6.45) is 8.29. The number of aliphatic carboxylic acids is 1. The van der Waals surface area contributed by atoms with Crippen LogP contribution < -0.4 is 0 Å². The number of carbonyl (C=O) groups is 2. The lowest BCUT2D eigenvalue weighted by atomic mass is 9.78. The average Bonchev–Trinajstić information content (AvgIpc) is 2.49. The Morgan fingerprint density at radius 3 is 2.71 bits per heavy atom. The zero-order chi connectivity index (χ0) is 15.1. The third-order valence-corrected chi connectivity index (χ3v) is 3.58.